The quantitative estimate of drug-likeness (QED) is 0.212. The van der Waals surface area contributed by atoms with Gasteiger partial charge in [0.25, 0.3) is 5.91 Å². The van der Waals surface area contributed by atoms with E-state index in [9.17, 15) is 18.0 Å². The first kappa shape index (κ1) is 26.2. The molecule has 39 heavy (non-hydrogen) atoms. The van der Waals surface area contributed by atoms with Crippen LogP contribution in [0.2, 0.25) is 0 Å². The molecule has 1 amide bonds. The van der Waals surface area contributed by atoms with Crippen molar-refractivity contribution in [2.24, 2.45) is 7.05 Å². The van der Waals surface area contributed by atoms with Crippen molar-refractivity contribution in [3.8, 4) is 22.4 Å². The molecule has 5 aromatic rings. The fraction of sp³-hybridized carbons (Fsp3) is 0.138. The standard InChI is InChI=1S/C29H23F3N4O2S/c1-4-38-17(2)28-33-24-13-11-20(18-8-6-5-7-9-18)25(26(24)39-28)34-27(37)19-10-12-22(29(30,31)32)21(16-19)23-14-15-36(3)35-23/h5-16H,2,4H2,1,3H3,(H,34,37). The topological polar surface area (TPSA) is 69.0 Å². The van der Waals surface area contributed by atoms with Gasteiger partial charge in [0.1, 0.15) is 5.76 Å². The molecular weight excluding hydrogens is 525 g/mol. The molecule has 5 rings (SSSR count). The lowest BCUT2D eigenvalue weighted by Crippen LogP contribution is -2.15. The third kappa shape index (κ3) is 5.28. The van der Waals surface area contributed by atoms with E-state index in [2.05, 4.69) is 22.0 Å². The number of alkyl halides is 3. The van der Waals surface area contributed by atoms with E-state index in [4.69, 9.17) is 4.74 Å². The highest BCUT2D eigenvalue weighted by atomic mass is 32.1. The molecular formula is C29H23F3N4O2S. The number of nitrogens with zero attached hydrogens (tertiary/aromatic N) is 3. The van der Waals surface area contributed by atoms with Crippen molar-refractivity contribution in [3.63, 3.8) is 0 Å². The van der Waals surface area contributed by atoms with Gasteiger partial charge in [-0.25, -0.2) is 4.98 Å². The zero-order chi connectivity index (χ0) is 27.7. The van der Waals surface area contributed by atoms with E-state index in [1.165, 1.54) is 34.2 Å². The number of halogens is 3. The average molecular weight is 549 g/mol. The molecule has 0 saturated heterocycles. The van der Waals surface area contributed by atoms with Gasteiger partial charge in [-0.2, -0.15) is 18.3 Å². The first-order valence-electron chi connectivity index (χ1n) is 12.0. The molecule has 198 valence electrons. The number of ether oxygens (including phenoxy) is 1. The van der Waals surface area contributed by atoms with Gasteiger partial charge in [0.15, 0.2) is 5.01 Å². The summed E-state index contributed by atoms with van der Waals surface area (Å²) in [6.45, 7) is 6.21. The molecule has 0 aliphatic rings. The number of hydrogen-bond donors (Lipinski definition) is 1. The Morgan fingerprint density at radius 2 is 1.85 bits per heavy atom. The lowest BCUT2D eigenvalue weighted by atomic mass is 9.99. The summed E-state index contributed by atoms with van der Waals surface area (Å²) in [4.78, 5) is 18.2. The van der Waals surface area contributed by atoms with Crippen LogP contribution in [0.3, 0.4) is 0 Å². The van der Waals surface area contributed by atoms with Gasteiger partial charge in [-0.3, -0.25) is 9.48 Å². The van der Waals surface area contributed by atoms with E-state index >= 15 is 0 Å². The number of fused-ring (bicyclic) bond motifs is 1. The van der Waals surface area contributed by atoms with Gasteiger partial charge in [-0.05, 0) is 42.8 Å². The Kier molecular flexibility index (Phi) is 6.96. The maximum atomic E-state index is 13.8. The van der Waals surface area contributed by atoms with Gasteiger partial charge in [-0.1, -0.05) is 43.0 Å². The van der Waals surface area contributed by atoms with Crippen LogP contribution in [0, 0.1) is 0 Å². The molecule has 0 fully saturated rings. The van der Waals surface area contributed by atoms with Gasteiger partial charge in [0.2, 0.25) is 0 Å². The largest absolute Gasteiger partial charge is 0.491 e. The van der Waals surface area contributed by atoms with E-state index in [0.717, 1.165) is 17.2 Å². The second-order valence-electron chi connectivity index (χ2n) is 8.66. The van der Waals surface area contributed by atoms with E-state index in [-0.39, 0.29) is 16.8 Å². The third-order valence-electron chi connectivity index (χ3n) is 6.01. The second kappa shape index (κ2) is 10.4. The van der Waals surface area contributed by atoms with Gasteiger partial charge in [0, 0.05) is 29.9 Å². The number of carbonyl (C=O) groups is 1. The van der Waals surface area contributed by atoms with Gasteiger partial charge >= 0.3 is 6.18 Å². The summed E-state index contributed by atoms with van der Waals surface area (Å²) >= 11 is 1.31. The number of anilines is 1. The van der Waals surface area contributed by atoms with Crippen LogP contribution < -0.4 is 5.32 Å². The zero-order valence-corrected chi connectivity index (χ0v) is 21.9. The normalized spacial score (nSPS) is 11.5. The molecule has 2 aromatic heterocycles. The second-order valence-corrected chi connectivity index (χ2v) is 9.66. The van der Waals surface area contributed by atoms with Crippen LogP contribution in [0.15, 0.2) is 79.5 Å². The molecule has 0 aliphatic heterocycles. The minimum atomic E-state index is -4.62. The van der Waals surface area contributed by atoms with Crippen LogP contribution in [-0.2, 0) is 18.0 Å². The van der Waals surface area contributed by atoms with Crippen molar-refractivity contribution in [1.82, 2.24) is 14.8 Å². The van der Waals surface area contributed by atoms with Crippen molar-refractivity contribution in [1.29, 1.82) is 0 Å². The lowest BCUT2D eigenvalue weighted by molar-refractivity contribution is -0.137. The Morgan fingerprint density at radius 1 is 1.08 bits per heavy atom. The summed E-state index contributed by atoms with van der Waals surface area (Å²) in [6.07, 6.45) is -3.07. The van der Waals surface area contributed by atoms with Crippen molar-refractivity contribution >= 4 is 38.9 Å². The molecule has 0 radical (unpaired) electrons. The van der Waals surface area contributed by atoms with Crippen LogP contribution in [0.4, 0.5) is 18.9 Å². The van der Waals surface area contributed by atoms with E-state index in [1.807, 2.05) is 49.4 Å². The van der Waals surface area contributed by atoms with Gasteiger partial charge in [-0.15, -0.1) is 11.3 Å². The van der Waals surface area contributed by atoms with Crippen molar-refractivity contribution in [2.45, 2.75) is 13.1 Å². The fourth-order valence-corrected chi connectivity index (χ4v) is 5.21. The number of aromatic nitrogens is 3. The number of rotatable bonds is 7. The third-order valence-corrected chi connectivity index (χ3v) is 7.14. The van der Waals surface area contributed by atoms with Crippen LogP contribution in [0.1, 0.15) is 27.9 Å². The molecule has 0 saturated carbocycles. The monoisotopic (exact) mass is 548 g/mol. The molecule has 0 spiro atoms. The smallest absolute Gasteiger partial charge is 0.417 e. The van der Waals surface area contributed by atoms with Crippen LogP contribution >= 0.6 is 11.3 Å². The van der Waals surface area contributed by atoms with Crippen molar-refractivity contribution < 1.29 is 22.7 Å². The predicted octanol–water partition coefficient (Wildman–Crippen LogP) is 7.64. The number of thiazole rings is 1. The summed E-state index contributed by atoms with van der Waals surface area (Å²) in [5.74, 6) is -0.149. The number of hydrogen-bond acceptors (Lipinski definition) is 5. The first-order chi connectivity index (χ1) is 18.7. The Morgan fingerprint density at radius 3 is 2.51 bits per heavy atom. The van der Waals surface area contributed by atoms with Gasteiger partial charge in [0.05, 0.1) is 33.8 Å². The number of amides is 1. The van der Waals surface area contributed by atoms with Crippen LogP contribution in [0.25, 0.3) is 38.4 Å². The summed E-state index contributed by atoms with van der Waals surface area (Å²) in [7, 11) is 1.61. The molecule has 1 N–H and O–H groups in total. The summed E-state index contributed by atoms with van der Waals surface area (Å²) in [5.41, 5.74) is 1.86. The zero-order valence-electron chi connectivity index (χ0n) is 21.0. The molecule has 0 atom stereocenters. The number of carbonyl (C=O) groups excluding carboxylic acids is 1. The SMILES string of the molecule is C=C(OCC)c1nc2ccc(-c3ccccc3)c(NC(=O)c3ccc(C(F)(F)F)c(-c4ccn(C)n4)c3)c2s1. The van der Waals surface area contributed by atoms with Crippen LogP contribution in [-0.4, -0.2) is 27.3 Å². The van der Waals surface area contributed by atoms with E-state index in [1.54, 1.807) is 13.2 Å². The highest BCUT2D eigenvalue weighted by Crippen LogP contribution is 2.41. The summed E-state index contributed by atoms with van der Waals surface area (Å²) in [6, 6.07) is 18.0. The lowest BCUT2D eigenvalue weighted by Gasteiger charge is -2.15. The molecule has 2 heterocycles. The number of aryl methyl sites for hydroxylation is 1. The Bertz CT molecular complexity index is 1690. The Hall–Kier alpha value is -4.44. The van der Waals surface area contributed by atoms with Gasteiger partial charge < -0.3 is 10.1 Å². The fourth-order valence-electron chi connectivity index (χ4n) is 4.22. The summed E-state index contributed by atoms with van der Waals surface area (Å²) in [5, 5.41) is 7.64. The van der Waals surface area contributed by atoms with Crippen molar-refractivity contribution in [3.05, 3.63) is 95.6 Å². The Balaban J connectivity index is 1.61. The summed E-state index contributed by atoms with van der Waals surface area (Å²) < 4.78 is 49.0. The number of nitrogens with one attached hydrogen (secondary N) is 1. The molecule has 0 unspecified atom stereocenters. The highest BCUT2D eigenvalue weighted by molar-refractivity contribution is 7.20. The highest BCUT2D eigenvalue weighted by Gasteiger charge is 2.34. The minimum absolute atomic E-state index is 0.0585. The molecule has 0 bridgehead atoms. The van der Waals surface area contributed by atoms with Crippen molar-refractivity contribution in [2.75, 3.05) is 11.9 Å². The van der Waals surface area contributed by atoms with E-state index in [0.29, 0.717) is 33.3 Å². The predicted molar refractivity (Wildman–Crippen MR) is 147 cm³/mol. The molecule has 0 aliphatic carbocycles. The minimum Gasteiger partial charge on any atom is -0.491 e. The van der Waals surface area contributed by atoms with E-state index < -0.39 is 17.6 Å². The molecule has 10 heteroatoms. The number of benzene rings is 3. The maximum Gasteiger partial charge on any atom is 0.417 e. The first-order valence-corrected chi connectivity index (χ1v) is 12.8. The average Bonchev–Trinajstić information content (AvgIpc) is 3.55. The maximum absolute atomic E-state index is 13.8. The van der Waals surface area contributed by atoms with Crippen LogP contribution in [0.5, 0.6) is 0 Å². The molecule has 3 aromatic carbocycles. The molecule has 6 nitrogen and oxygen atoms in total. The Labute approximate surface area is 226 Å².